The van der Waals surface area contributed by atoms with Crippen molar-refractivity contribution in [3.63, 3.8) is 0 Å². The van der Waals surface area contributed by atoms with Crippen LogP contribution in [0.5, 0.6) is 17.2 Å². The van der Waals surface area contributed by atoms with Gasteiger partial charge < -0.3 is 14.2 Å². The lowest BCUT2D eigenvalue weighted by Gasteiger charge is -2.08. The number of carbonyl (C=O) groups is 1. The Labute approximate surface area is 197 Å². The Hall–Kier alpha value is -3.14. The highest BCUT2D eigenvalue weighted by Crippen LogP contribution is 2.35. The summed E-state index contributed by atoms with van der Waals surface area (Å²) in [6.45, 7) is 0.261. The van der Waals surface area contributed by atoms with Crippen molar-refractivity contribution in [2.24, 2.45) is 0 Å². The molecule has 10 heteroatoms. The van der Waals surface area contributed by atoms with Crippen LogP contribution in [-0.2, 0) is 6.61 Å². The van der Waals surface area contributed by atoms with Crippen molar-refractivity contribution in [3.05, 3.63) is 68.9 Å². The van der Waals surface area contributed by atoms with Gasteiger partial charge in [0.2, 0.25) is 0 Å². The molecule has 0 fully saturated rings. The van der Waals surface area contributed by atoms with E-state index in [1.807, 2.05) is 23.6 Å². The summed E-state index contributed by atoms with van der Waals surface area (Å²) >= 11 is 8.54. The lowest BCUT2D eigenvalue weighted by atomic mass is 10.1. The lowest BCUT2D eigenvalue weighted by Crippen LogP contribution is -2.12. The maximum Gasteiger partial charge on any atom is 0.276 e. The number of amides is 1. The van der Waals surface area contributed by atoms with E-state index in [9.17, 15) is 4.79 Å². The Balaban J connectivity index is 1.41. The number of ether oxygens (including phenoxy) is 3. The molecule has 0 unspecified atom stereocenters. The molecule has 0 saturated heterocycles. The zero-order valence-electron chi connectivity index (χ0n) is 17.1. The maximum absolute atomic E-state index is 12.6. The van der Waals surface area contributed by atoms with Gasteiger partial charge in [0.05, 0.1) is 19.9 Å². The van der Waals surface area contributed by atoms with Gasteiger partial charge in [0, 0.05) is 21.3 Å². The summed E-state index contributed by atoms with van der Waals surface area (Å²) in [5, 5.41) is 8.12. The van der Waals surface area contributed by atoms with E-state index in [4.69, 9.17) is 25.8 Å². The number of nitrogens with one attached hydrogen (secondary N) is 1. The molecule has 4 rings (SSSR count). The predicted octanol–water partition coefficient (Wildman–Crippen LogP) is 5.77. The van der Waals surface area contributed by atoms with Crippen LogP contribution in [0.15, 0.2) is 53.2 Å². The molecular formula is C22H18ClN3O4S2. The number of rotatable bonds is 8. The molecule has 2 aromatic carbocycles. The third-order valence-corrected chi connectivity index (χ3v) is 6.20. The molecule has 0 spiro atoms. The van der Waals surface area contributed by atoms with E-state index in [0.717, 1.165) is 5.56 Å². The molecule has 0 aliphatic carbocycles. The summed E-state index contributed by atoms with van der Waals surface area (Å²) in [6.07, 6.45) is 0. The summed E-state index contributed by atoms with van der Waals surface area (Å²) < 4.78 is 16.4. The fraction of sp³-hybridized carbons (Fsp3) is 0.136. The summed E-state index contributed by atoms with van der Waals surface area (Å²) in [4.78, 5) is 21.5. The van der Waals surface area contributed by atoms with Crippen molar-refractivity contribution in [1.82, 2.24) is 9.97 Å². The summed E-state index contributed by atoms with van der Waals surface area (Å²) in [5.74, 6) is 1.70. The van der Waals surface area contributed by atoms with Crippen LogP contribution in [0.2, 0.25) is 5.02 Å². The van der Waals surface area contributed by atoms with Gasteiger partial charge in [0.1, 0.15) is 34.6 Å². The fourth-order valence-corrected chi connectivity index (χ4v) is 4.30. The van der Waals surface area contributed by atoms with E-state index in [1.165, 1.54) is 22.7 Å². The summed E-state index contributed by atoms with van der Waals surface area (Å²) in [5.41, 5.74) is 1.76. The molecule has 1 N–H and O–H groups in total. The Kier molecular flexibility index (Phi) is 6.89. The van der Waals surface area contributed by atoms with E-state index in [2.05, 4.69) is 15.3 Å². The molecule has 7 nitrogen and oxygen atoms in total. The number of carbonyl (C=O) groups excluding carboxylic acids is 1. The first-order valence-electron chi connectivity index (χ1n) is 9.38. The zero-order valence-corrected chi connectivity index (χ0v) is 19.5. The van der Waals surface area contributed by atoms with Crippen LogP contribution in [0.25, 0.3) is 11.3 Å². The molecule has 0 atom stereocenters. The molecule has 0 aliphatic rings. The topological polar surface area (TPSA) is 82.6 Å². The van der Waals surface area contributed by atoms with Crippen LogP contribution in [0.3, 0.4) is 0 Å². The first kappa shape index (κ1) is 22.1. The first-order valence-corrected chi connectivity index (χ1v) is 11.5. The molecule has 32 heavy (non-hydrogen) atoms. The van der Waals surface area contributed by atoms with Crippen LogP contribution in [0, 0.1) is 0 Å². The molecule has 0 radical (unpaired) electrons. The SMILES string of the molecule is COc1ccc(OC)c(-c2csc(NC(=O)c3csc(COc4ccc(Cl)cc4)n3)n2)c1. The maximum atomic E-state index is 12.6. The second-order valence-electron chi connectivity index (χ2n) is 6.43. The minimum atomic E-state index is -0.336. The largest absolute Gasteiger partial charge is 0.497 e. The van der Waals surface area contributed by atoms with Gasteiger partial charge in [-0.2, -0.15) is 0 Å². The van der Waals surface area contributed by atoms with Gasteiger partial charge in [-0.15, -0.1) is 22.7 Å². The summed E-state index contributed by atoms with van der Waals surface area (Å²) in [6, 6.07) is 12.5. The van der Waals surface area contributed by atoms with Crippen molar-refractivity contribution in [3.8, 4) is 28.5 Å². The van der Waals surface area contributed by atoms with Crippen molar-refractivity contribution in [2.45, 2.75) is 6.61 Å². The van der Waals surface area contributed by atoms with Gasteiger partial charge in [-0.05, 0) is 42.5 Å². The molecule has 2 heterocycles. The van der Waals surface area contributed by atoms with Crippen molar-refractivity contribution >= 4 is 45.3 Å². The normalized spacial score (nSPS) is 10.6. The predicted molar refractivity (Wildman–Crippen MR) is 127 cm³/mol. The monoisotopic (exact) mass is 487 g/mol. The molecule has 0 saturated carbocycles. The minimum Gasteiger partial charge on any atom is -0.497 e. The quantitative estimate of drug-likeness (QED) is 0.340. The van der Waals surface area contributed by atoms with Crippen molar-refractivity contribution in [1.29, 1.82) is 0 Å². The third-order valence-electron chi connectivity index (χ3n) is 4.37. The Morgan fingerprint density at radius 1 is 1.00 bits per heavy atom. The molecule has 1 amide bonds. The number of benzene rings is 2. The minimum absolute atomic E-state index is 0.261. The van der Waals surface area contributed by atoms with Crippen LogP contribution in [-0.4, -0.2) is 30.1 Å². The second kappa shape index (κ2) is 9.99. The van der Waals surface area contributed by atoms with E-state index < -0.39 is 0 Å². The van der Waals surface area contributed by atoms with Gasteiger partial charge in [-0.1, -0.05) is 11.6 Å². The van der Waals surface area contributed by atoms with E-state index in [-0.39, 0.29) is 12.5 Å². The number of hydrogen-bond donors (Lipinski definition) is 1. The van der Waals surface area contributed by atoms with Crippen LogP contribution < -0.4 is 19.5 Å². The number of nitrogens with zero attached hydrogens (tertiary/aromatic N) is 2. The van der Waals surface area contributed by atoms with Gasteiger partial charge in [-0.25, -0.2) is 9.97 Å². The van der Waals surface area contributed by atoms with E-state index in [1.54, 1.807) is 43.9 Å². The number of thiazole rings is 2. The molecule has 4 aromatic rings. The highest BCUT2D eigenvalue weighted by molar-refractivity contribution is 7.14. The van der Waals surface area contributed by atoms with Gasteiger partial charge in [-0.3, -0.25) is 10.1 Å². The Morgan fingerprint density at radius 2 is 1.78 bits per heavy atom. The number of hydrogen-bond acceptors (Lipinski definition) is 8. The average Bonchev–Trinajstić information content (AvgIpc) is 3.48. The van der Waals surface area contributed by atoms with Crippen molar-refractivity contribution < 1.29 is 19.0 Å². The number of methoxy groups -OCH3 is 2. The van der Waals surface area contributed by atoms with Crippen LogP contribution in [0.1, 0.15) is 15.5 Å². The zero-order chi connectivity index (χ0) is 22.5. The van der Waals surface area contributed by atoms with Crippen molar-refractivity contribution in [2.75, 3.05) is 19.5 Å². The van der Waals surface area contributed by atoms with Gasteiger partial charge >= 0.3 is 0 Å². The lowest BCUT2D eigenvalue weighted by molar-refractivity contribution is 0.102. The van der Waals surface area contributed by atoms with Gasteiger partial charge in [0.15, 0.2) is 5.13 Å². The van der Waals surface area contributed by atoms with E-state index in [0.29, 0.717) is 43.8 Å². The fourth-order valence-electron chi connectivity index (χ4n) is 2.79. The van der Waals surface area contributed by atoms with Crippen LogP contribution >= 0.6 is 34.3 Å². The second-order valence-corrected chi connectivity index (χ2v) is 8.66. The molecule has 2 aromatic heterocycles. The molecule has 164 valence electrons. The smallest absolute Gasteiger partial charge is 0.276 e. The standard InChI is InChI=1S/C22H18ClN3O4S2/c1-28-15-7-8-19(29-2)16(9-15)17-11-32-22(25-17)26-21(27)18-12-31-20(24-18)10-30-14-5-3-13(23)4-6-14/h3-9,11-12H,10H2,1-2H3,(H,25,26,27). The average molecular weight is 488 g/mol. The summed E-state index contributed by atoms with van der Waals surface area (Å²) in [7, 11) is 3.19. The third kappa shape index (κ3) is 5.18. The Bertz CT molecular complexity index is 1220. The highest BCUT2D eigenvalue weighted by Gasteiger charge is 2.16. The molecule has 0 aliphatic heterocycles. The first-order chi connectivity index (χ1) is 15.6. The van der Waals surface area contributed by atoms with Crippen LogP contribution in [0.4, 0.5) is 5.13 Å². The van der Waals surface area contributed by atoms with E-state index >= 15 is 0 Å². The molecular weight excluding hydrogens is 470 g/mol. The number of halogens is 1. The number of aromatic nitrogens is 2. The number of anilines is 1. The molecule has 0 bridgehead atoms. The highest BCUT2D eigenvalue weighted by atomic mass is 35.5. The van der Waals surface area contributed by atoms with Gasteiger partial charge in [0.25, 0.3) is 5.91 Å². The Morgan fingerprint density at radius 3 is 2.53 bits per heavy atom.